The van der Waals surface area contributed by atoms with Crippen LogP contribution in [-0.2, 0) is 9.59 Å². The van der Waals surface area contributed by atoms with Gasteiger partial charge in [-0.2, -0.15) is 5.10 Å². The summed E-state index contributed by atoms with van der Waals surface area (Å²) in [6.07, 6.45) is 4.79. The smallest absolute Gasteiger partial charge is 0.270 e. The fourth-order valence-electron chi connectivity index (χ4n) is 4.63. The monoisotopic (exact) mass is 434 g/mol. The Morgan fingerprint density at radius 2 is 1.78 bits per heavy atom. The minimum absolute atomic E-state index is 0.0498. The molecule has 0 spiro atoms. The van der Waals surface area contributed by atoms with Crippen molar-refractivity contribution in [1.82, 2.24) is 5.01 Å². The highest BCUT2D eigenvalue weighted by atomic mass is 19.1. The lowest BCUT2D eigenvalue weighted by molar-refractivity contribution is -0.384. The largest absolute Gasteiger partial charge is 0.292 e. The van der Waals surface area contributed by atoms with E-state index in [9.17, 15) is 28.9 Å². The number of nitrogens with zero attached hydrogens (tertiary/aromatic N) is 4. The Morgan fingerprint density at radius 3 is 2.50 bits per heavy atom. The molecule has 0 unspecified atom stereocenters. The Hall–Kier alpha value is -4.21. The number of anilines is 1. The predicted molar refractivity (Wildman–Crippen MR) is 110 cm³/mol. The van der Waals surface area contributed by atoms with Crippen LogP contribution in [-0.4, -0.2) is 45.8 Å². The average Bonchev–Trinajstić information content (AvgIpc) is 3.27. The molecule has 2 aromatic carbocycles. The number of halogens is 1. The standard InChI is InChI=1S/C22H15FN4O5/c23-13-6-8-14(9-7-13)25-21(29)17-16-5-2-10-24-26(16)19(18(17)22(25)30)20(28)12-3-1-4-15(11-12)27(31)32/h1-11,16-19H/t16-,17-,18+,19+/m1/s1. The van der Waals surface area contributed by atoms with Crippen LogP contribution in [0, 0.1) is 27.8 Å². The molecule has 32 heavy (non-hydrogen) atoms. The van der Waals surface area contributed by atoms with E-state index in [-0.39, 0.29) is 16.9 Å². The second-order valence-corrected chi connectivity index (χ2v) is 7.68. The number of imide groups is 1. The summed E-state index contributed by atoms with van der Waals surface area (Å²) in [4.78, 5) is 51.7. The van der Waals surface area contributed by atoms with Gasteiger partial charge in [0.25, 0.3) is 5.69 Å². The zero-order valence-electron chi connectivity index (χ0n) is 16.4. The van der Waals surface area contributed by atoms with E-state index < -0.39 is 52.3 Å². The van der Waals surface area contributed by atoms with E-state index in [1.165, 1.54) is 41.6 Å². The van der Waals surface area contributed by atoms with Gasteiger partial charge in [-0.05, 0) is 30.3 Å². The number of fused-ring (bicyclic) bond motifs is 3. The van der Waals surface area contributed by atoms with Crippen LogP contribution in [0.4, 0.5) is 15.8 Å². The summed E-state index contributed by atoms with van der Waals surface area (Å²) in [5.41, 5.74) is 0.00627. The summed E-state index contributed by atoms with van der Waals surface area (Å²) in [6, 6.07) is 8.44. The number of nitro groups is 1. The molecule has 9 nitrogen and oxygen atoms in total. The molecule has 5 rings (SSSR count). The number of non-ortho nitro benzene ring substituents is 1. The molecule has 3 heterocycles. The second kappa shape index (κ2) is 7.19. The number of Topliss-reactive ketones (excluding diaryl/α,β-unsaturated/α-hetero) is 1. The van der Waals surface area contributed by atoms with Gasteiger partial charge in [0, 0.05) is 23.9 Å². The molecule has 2 aromatic rings. The van der Waals surface area contributed by atoms with Crippen LogP contribution in [0.25, 0.3) is 0 Å². The molecule has 10 heteroatoms. The Balaban J connectivity index is 1.57. The van der Waals surface area contributed by atoms with E-state index in [2.05, 4.69) is 5.10 Å². The third kappa shape index (κ3) is 2.83. The van der Waals surface area contributed by atoms with E-state index in [1.807, 2.05) is 0 Å². The fraction of sp³-hybridized carbons (Fsp3) is 0.182. The van der Waals surface area contributed by atoms with Crippen LogP contribution in [0.3, 0.4) is 0 Å². The molecule has 4 atom stereocenters. The van der Waals surface area contributed by atoms with Crippen LogP contribution >= 0.6 is 0 Å². The summed E-state index contributed by atoms with van der Waals surface area (Å²) in [7, 11) is 0. The predicted octanol–water partition coefficient (Wildman–Crippen LogP) is 2.33. The van der Waals surface area contributed by atoms with Gasteiger partial charge in [-0.1, -0.05) is 18.2 Å². The SMILES string of the molecule is O=C(c1cccc([N+](=O)[O-])c1)[C@@H]1[C@H]2C(=O)N(c3ccc(F)cc3)C(=O)[C@@H]2[C@H]2C=CC=NN21. The van der Waals surface area contributed by atoms with Crippen LogP contribution in [0.5, 0.6) is 0 Å². The Labute approximate surface area is 180 Å². The maximum absolute atomic E-state index is 13.5. The van der Waals surface area contributed by atoms with Crippen LogP contribution in [0.2, 0.25) is 0 Å². The third-order valence-corrected chi connectivity index (χ3v) is 5.99. The van der Waals surface area contributed by atoms with Gasteiger partial charge in [0.15, 0.2) is 5.78 Å². The van der Waals surface area contributed by atoms with Gasteiger partial charge in [-0.25, -0.2) is 9.29 Å². The van der Waals surface area contributed by atoms with Gasteiger partial charge in [-0.3, -0.25) is 29.5 Å². The quantitative estimate of drug-likeness (QED) is 0.316. The molecule has 2 saturated heterocycles. The number of carbonyl (C=O) groups excluding carboxylic acids is 3. The van der Waals surface area contributed by atoms with Crippen LogP contribution in [0.15, 0.2) is 65.8 Å². The van der Waals surface area contributed by atoms with E-state index in [4.69, 9.17) is 0 Å². The molecule has 2 fully saturated rings. The molecular formula is C22H15FN4O5. The van der Waals surface area contributed by atoms with Gasteiger partial charge >= 0.3 is 0 Å². The van der Waals surface area contributed by atoms with Crippen molar-refractivity contribution in [2.45, 2.75) is 12.1 Å². The topological polar surface area (TPSA) is 113 Å². The fourth-order valence-corrected chi connectivity index (χ4v) is 4.63. The van der Waals surface area contributed by atoms with Crippen molar-refractivity contribution in [2.24, 2.45) is 16.9 Å². The lowest BCUT2D eigenvalue weighted by Gasteiger charge is -2.30. The van der Waals surface area contributed by atoms with Gasteiger partial charge < -0.3 is 0 Å². The van der Waals surface area contributed by atoms with Gasteiger partial charge in [0.05, 0.1) is 28.5 Å². The molecule has 0 saturated carbocycles. The van der Waals surface area contributed by atoms with Crippen molar-refractivity contribution in [2.75, 3.05) is 4.90 Å². The summed E-state index contributed by atoms with van der Waals surface area (Å²) in [5.74, 6) is -4.05. The molecule has 0 aliphatic carbocycles. The summed E-state index contributed by atoms with van der Waals surface area (Å²) in [5, 5.41) is 16.8. The Kier molecular flexibility index (Phi) is 4.43. The second-order valence-electron chi connectivity index (χ2n) is 7.68. The van der Waals surface area contributed by atoms with Gasteiger partial charge in [0.1, 0.15) is 11.9 Å². The van der Waals surface area contributed by atoms with Gasteiger partial charge in [0.2, 0.25) is 11.8 Å². The Bertz CT molecular complexity index is 1230. The zero-order chi connectivity index (χ0) is 22.6. The number of amides is 2. The third-order valence-electron chi connectivity index (χ3n) is 5.99. The molecule has 0 bridgehead atoms. The van der Waals surface area contributed by atoms with E-state index in [1.54, 1.807) is 12.2 Å². The maximum atomic E-state index is 13.5. The lowest BCUT2D eigenvalue weighted by Crippen LogP contribution is -2.46. The molecule has 0 radical (unpaired) electrons. The normalized spacial score (nSPS) is 25.8. The number of rotatable bonds is 4. The zero-order valence-corrected chi connectivity index (χ0v) is 16.4. The first-order chi connectivity index (χ1) is 15.4. The molecule has 0 aromatic heterocycles. The van der Waals surface area contributed by atoms with Crippen LogP contribution < -0.4 is 4.90 Å². The summed E-state index contributed by atoms with van der Waals surface area (Å²) in [6.45, 7) is 0. The van der Waals surface area contributed by atoms with Crippen molar-refractivity contribution in [3.63, 3.8) is 0 Å². The first-order valence-corrected chi connectivity index (χ1v) is 9.79. The molecular weight excluding hydrogens is 419 g/mol. The first kappa shape index (κ1) is 19.7. The molecule has 3 aliphatic heterocycles. The number of ketones is 1. The van der Waals surface area contributed by atoms with Gasteiger partial charge in [-0.15, -0.1) is 0 Å². The minimum atomic E-state index is -1.12. The summed E-state index contributed by atoms with van der Waals surface area (Å²) < 4.78 is 13.4. The van der Waals surface area contributed by atoms with E-state index in [0.29, 0.717) is 0 Å². The number of hydrogen-bond acceptors (Lipinski definition) is 7. The Morgan fingerprint density at radius 1 is 1.06 bits per heavy atom. The average molecular weight is 434 g/mol. The lowest BCUT2D eigenvalue weighted by atomic mass is 9.86. The highest BCUT2D eigenvalue weighted by molar-refractivity contribution is 6.24. The molecule has 0 N–H and O–H groups in total. The number of carbonyl (C=O) groups is 3. The van der Waals surface area contributed by atoms with Crippen molar-refractivity contribution in [3.8, 4) is 0 Å². The van der Waals surface area contributed by atoms with Crippen molar-refractivity contribution in [3.05, 3.63) is 82.2 Å². The minimum Gasteiger partial charge on any atom is -0.292 e. The number of hydrogen-bond donors (Lipinski definition) is 0. The van der Waals surface area contributed by atoms with Crippen LogP contribution in [0.1, 0.15) is 10.4 Å². The summed E-state index contributed by atoms with van der Waals surface area (Å²) >= 11 is 0. The number of benzene rings is 2. The number of hydrazone groups is 1. The highest BCUT2D eigenvalue weighted by Crippen LogP contribution is 2.46. The van der Waals surface area contributed by atoms with Crippen molar-refractivity contribution < 1.29 is 23.7 Å². The van der Waals surface area contributed by atoms with E-state index >= 15 is 0 Å². The number of nitro benzene ring substituents is 1. The number of allylic oxidation sites excluding steroid dienone is 1. The molecule has 2 amide bonds. The van der Waals surface area contributed by atoms with Crippen molar-refractivity contribution in [1.29, 1.82) is 0 Å². The molecule has 160 valence electrons. The first-order valence-electron chi connectivity index (χ1n) is 9.79. The highest BCUT2D eigenvalue weighted by Gasteiger charge is 2.64. The van der Waals surface area contributed by atoms with E-state index in [0.717, 1.165) is 23.1 Å². The maximum Gasteiger partial charge on any atom is 0.270 e. The molecule has 3 aliphatic rings. The van der Waals surface area contributed by atoms with Crippen molar-refractivity contribution >= 4 is 35.2 Å².